The third-order valence-electron chi connectivity index (χ3n) is 5.17. The van der Waals surface area contributed by atoms with Gasteiger partial charge in [-0.05, 0) is 61.0 Å². The van der Waals surface area contributed by atoms with Crippen LogP contribution in [-0.4, -0.2) is 48.4 Å². The molecule has 3 aromatic rings. The number of ether oxygens (including phenoxy) is 4. The number of aryl methyl sites for hydroxylation is 2. The average Bonchev–Trinajstić information content (AvgIpc) is 3.65. The molecule has 6 nitrogen and oxygen atoms in total. The molecule has 0 spiro atoms. The monoisotopic (exact) mass is 392 g/mol. The molecule has 0 aliphatic carbocycles. The number of benzene rings is 2. The first-order valence-electron chi connectivity index (χ1n) is 9.90. The Hall–Kier alpha value is -2.83. The highest BCUT2D eigenvalue weighted by atomic mass is 16.6. The van der Waals surface area contributed by atoms with Crippen LogP contribution in [0.3, 0.4) is 0 Å². The summed E-state index contributed by atoms with van der Waals surface area (Å²) in [6.45, 7) is 4.89. The van der Waals surface area contributed by atoms with E-state index in [4.69, 9.17) is 24.0 Å². The van der Waals surface area contributed by atoms with Crippen LogP contribution in [0.2, 0.25) is 0 Å². The van der Waals surface area contributed by atoms with Crippen LogP contribution < -0.4 is 9.47 Å². The zero-order chi connectivity index (χ0) is 19.8. The first kappa shape index (κ1) is 18.2. The summed E-state index contributed by atoms with van der Waals surface area (Å²) in [5.41, 5.74) is 5.26. The fourth-order valence-corrected chi connectivity index (χ4v) is 3.27. The number of aromatic nitrogens is 2. The van der Waals surface area contributed by atoms with Crippen molar-refractivity contribution in [1.82, 2.24) is 9.78 Å². The fourth-order valence-electron chi connectivity index (χ4n) is 3.27. The number of nitrogens with zero attached hydrogens (tertiary/aromatic N) is 2. The third kappa shape index (κ3) is 4.28. The maximum atomic E-state index is 5.83. The zero-order valence-electron chi connectivity index (χ0n) is 16.6. The molecule has 2 unspecified atom stereocenters. The molecule has 6 heteroatoms. The molecule has 0 N–H and O–H groups in total. The maximum absolute atomic E-state index is 5.83. The van der Waals surface area contributed by atoms with Crippen molar-refractivity contribution in [2.24, 2.45) is 7.05 Å². The molecule has 2 atom stereocenters. The number of hydrogen-bond donors (Lipinski definition) is 0. The van der Waals surface area contributed by atoms with Crippen molar-refractivity contribution in [1.29, 1.82) is 0 Å². The van der Waals surface area contributed by atoms with Gasteiger partial charge in [0.15, 0.2) is 0 Å². The molecule has 0 saturated carbocycles. The fraction of sp³-hybridized carbons (Fsp3) is 0.348. The van der Waals surface area contributed by atoms with Crippen molar-refractivity contribution in [2.45, 2.75) is 19.1 Å². The summed E-state index contributed by atoms with van der Waals surface area (Å²) in [7, 11) is 1.97. The van der Waals surface area contributed by atoms with Gasteiger partial charge in [0.2, 0.25) is 0 Å². The molecule has 0 bridgehead atoms. The van der Waals surface area contributed by atoms with E-state index in [0.29, 0.717) is 13.2 Å². The zero-order valence-corrected chi connectivity index (χ0v) is 16.6. The quantitative estimate of drug-likeness (QED) is 0.548. The van der Waals surface area contributed by atoms with Crippen LogP contribution in [0.25, 0.3) is 22.5 Å². The molecule has 2 saturated heterocycles. The predicted molar refractivity (Wildman–Crippen MR) is 109 cm³/mol. The van der Waals surface area contributed by atoms with Crippen molar-refractivity contribution in [3.63, 3.8) is 0 Å². The van der Waals surface area contributed by atoms with Crippen LogP contribution in [0.1, 0.15) is 5.56 Å². The van der Waals surface area contributed by atoms with Gasteiger partial charge in [-0.1, -0.05) is 0 Å². The van der Waals surface area contributed by atoms with E-state index < -0.39 is 0 Å². The maximum Gasteiger partial charge on any atom is 0.122 e. The van der Waals surface area contributed by atoms with Crippen molar-refractivity contribution in [3.8, 4) is 34.0 Å². The standard InChI is InChI=1S/C23H24N2O4/c1-15-9-17(5-8-23(15)29-14-20-13-28-20)21-10-22(25(2)24-21)16-3-6-18(7-4-16)26-11-19-12-27-19/h3-10,19-20H,11-14H2,1-2H3. The molecular formula is C23H24N2O4. The Kier molecular flexibility index (Phi) is 4.73. The number of epoxide rings is 2. The third-order valence-corrected chi connectivity index (χ3v) is 5.17. The van der Waals surface area contributed by atoms with Gasteiger partial charge in [0.1, 0.15) is 36.9 Å². The first-order chi connectivity index (χ1) is 14.2. The van der Waals surface area contributed by atoms with Gasteiger partial charge in [0.25, 0.3) is 0 Å². The molecule has 2 aliphatic rings. The van der Waals surface area contributed by atoms with Gasteiger partial charge in [0, 0.05) is 18.2 Å². The van der Waals surface area contributed by atoms with E-state index in [0.717, 1.165) is 52.8 Å². The van der Waals surface area contributed by atoms with Crippen LogP contribution in [0.5, 0.6) is 11.5 Å². The Bertz CT molecular complexity index is 1000. The summed E-state index contributed by atoms with van der Waals surface area (Å²) in [5.74, 6) is 1.75. The molecule has 2 aliphatic heterocycles. The van der Waals surface area contributed by atoms with E-state index in [2.05, 4.69) is 37.3 Å². The van der Waals surface area contributed by atoms with Gasteiger partial charge in [-0.2, -0.15) is 5.10 Å². The lowest BCUT2D eigenvalue weighted by Crippen LogP contribution is -2.05. The average molecular weight is 392 g/mol. The minimum absolute atomic E-state index is 0.256. The molecule has 0 amide bonds. The van der Waals surface area contributed by atoms with Gasteiger partial charge >= 0.3 is 0 Å². The lowest BCUT2D eigenvalue weighted by Gasteiger charge is -2.08. The minimum atomic E-state index is 0.256. The lowest BCUT2D eigenvalue weighted by atomic mass is 10.1. The van der Waals surface area contributed by atoms with Gasteiger partial charge in [-0.25, -0.2) is 0 Å². The van der Waals surface area contributed by atoms with Gasteiger partial charge < -0.3 is 18.9 Å². The van der Waals surface area contributed by atoms with Crippen LogP contribution in [-0.2, 0) is 16.5 Å². The van der Waals surface area contributed by atoms with Crippen molar-refractivity contribution >= 4 is 0 Å². The predicted octanol–water partition coefficient (Wildman–Crippen LogP) is 3.62. The van der Waals surface area contributed by atoms with Crippen molar-refractivity contribution in [2.75, 3.05) is 26.4 Å². The molecule has 0 radical (unpaired) electrons. The molecule has 1 aromatic heterocycles. The first-order valence-corrected chi connectivity index (χ1v) is 9.90. The van der Waals surface area contributed by atoms with E-state index in [-0.39, 0.29) is 12.2 Å². The second-order valence-corrected chi connectivity index (χ2v) is 7.58. The molecule has 3 heterocycles. The number of hydrogen-bond acceptors (Lipinski definition) is 5. The molecule has 29 heavy (non-hydrogen) atoms. The van der Waals surface area contributed by atoms with Gasteiger partial charge in [-0.15, -0.1) is 0 Å². The van der Waals surface area contributed by atoms with E-state index in [1.54, 1.807) is 0 Å². The minimum Gasteiger partial charge on any atom is -0.491 e. The topological polar surface area (TPSA) is 61.3 Å². The summed E-state index contributed by atoms with van der Waals surface area (Å²) < 4.78 is 23.8. The van der Waals surface area contributed by atoms with Crippen LogP contribution >= 0.6 is 0 Å². The highest BCUT2D eigenvalue weighted by Crippen LogP contribution is 2.30. The molecule has 2 fully saturated rings. The van der Waals surface area contributed by atoms with Gasteiger partial charge in [-0.3, -0.25) is 4.68 Å². The normalized spacial score (nSPS) is 19.8. The lowest BCUT2D eigenvalue weighted by molar-refractivity contribution is 0.262. The Morgan fingerprint density at radius 1 is 0.931 bits per heavy atom. The summed E-state index contributed by atoms with van der Waals surface area (Å²) in [4.78, 5) is 0. The summed E-state index contributed by atoms with van der Waals surface area (Å²) >= 11 is 0. The number of rotatable bonds is 8. The van der Waals surface area contributed by atoms with Crippen molar-refractivity contribution < 1.29 is 18.9 Å². The van der Waals surface area contributed by atoms with Crippen LogP contribution in [0, 0.1) is 6.92 Å². The molecular weight excluding hydrogens is 368 g/mol. The molecule has 2 aromatic carbocycles. The van der Waals surface area contributed by atoms with Crippen LogP contribution in [0.4, 0.5) is 0 Å². The second-order valence-electron chi connectivity index (χ2n) is 7.58. The summed E-state index contributed by atoms with van der Waals surface area (Å²) in [6.07, 6.45) is 0.517. The second kappa shape index (κ2) is 7.54. The highest BCUT2D eigenvalue weighted by molar-refractivity contribution is 5.70. The van der Waals surface area contributed by atoms with Crippen LogP contribution in [0.15, 0.2) is 48.5 Å². The van der Waals surface area contributed by atoms with E-state index in [1.165, 1.54) is 0 Å². The Balaban J connectivity index is 1.32. The van der Waals surface area contributed by atoms with E-state index in [9.17, 15) is 0 Å². The SMILES string of the molecule is Cc1cc(-c2cc(-c3ccc(OCC4CO4)cc3)n(C)n2)ccc1OCC1CO1. The molecule has 150 valence electrons. The van der Waals surface area contributed by atoms with Crippen molar-refractivity contribution in [3.05, 3.63) is 54.1 Å². The Morgan fingerprint density at radius 3 is 2.24 bits per heavy atom. The largest absolute Gasteiger partial charge is 0.491 e. The van der Waals surface area contributed by atoms with E-state index in [1.807, 2.05) is 29.9 Å². The Morgan fingerprint density at radius 2 is 1.59 bits per heavy atom. The van der Waals surface area contributed by atoms with Gasteiger partial charge in [0.05, 0.1) is 24.6 Å². The summed E-state index contributed by atoms with van der Waals surface area (Å²) in [5, 5.41) is 4.71. The summed E-state index contributed by atoms with van der Waals surface area (Å²) in [6, 6.07) is 16.4. The van der Waals surface area contributed by atoms with E-state index >= 15 is 0 Å². The molecule has 5 rings (SSSR count). The highest BCUT2D eigenvalue weighted by Gasteiger charge is 2.24. The smallest absolute Gasteiger partial charge is 0.122 e. The Labute approximate surface area is 170 Å².